The number of anilines is 2. The maximum atomic E-state index is 13.0. The molecular formula is C21H23F3N4O3. The van der Waals surface area contributed by atoms with Gasteiger partial charge in [-0.25, -0.2) is 9.59 Å². The summed E-state index contributed by atoms with van der Waals surface area (Å²) in [6, 6.07) is 11.9. The molecule has 166 valence electrons. The fraction of sp³-hybridized carbons (Fsp3) is 0.333. The lowest BCUT2D eigenvalue weighted by Crippen LogP contribution is -2.49. The predicted octanol–water partition coefficient (Wildman–Crippen LogP) is 4.56. The van der Waals surface area contributed by atoms with Crippen LogP contribution in [0.25, 0.3) is 0 Å². The van der Waals surface area contributed by atoms with E-state index in [0.717, 1.165) is 0 Å². The van der Waals surface area contributed by atoms with Gasteiger partial charge in [-0.1, -0.05) is 18.2 Å². The molecule has 0 bridgehead atoms. The quantitative estimate of drug-likeness (QED) is 0.697. The van der Waals surface area contributed by atoms with Crippen LogP contribution < -0.4 is 20.3 Å². The van der Waals surface area contributed by atoms with Crippen molar-refractivity contribution in [1.82, 2.24) is 10.2 Å². The van der Waals surface area contributed by atoms with Crippen LogP contribution in [0.5, 0.6) is 5.75 Å². The maximum Gasteiger partial charge on any atom is 0.573 e. The zero-order valence-corrected chi connectivity index (χ0v) is 16.9. The van der Waals surface area contributed by atoms with Crippen molar-refractivity contribution in [2.75, 3.05) is 29.9 Å². The summed E-state index contributed by atoms with van der Waals surface area (Å²) >= 11 is 0. The average Bonchev–Trinajstić information content (AvgIpc) is 2.69. The Balaban J connectivity index is 1.71. The first-order valence-corrected chi connectivity index (χ1v) is 9.81. The molecule has 10 heteroatoms. The average molecular weight is 436 g/mol. The van der Waals surface area contributed by atoms with Crippen LogP contribution in [0, 0.1) is 0 Å². The number of halogens is 3. The zero-order chi connectivity index (χ0) is 22.4. The van der Waals surface area contributed by atoms with E-state index >= 15 is 0 Å². The lowest BCUT2D eigenvalue weighted by molar-refractivity contribution is -0.274. The number of carbonyl (C=O) groups is 2. The molecular weight excluding hydrogens is 413 g/mol. The van der Waals surface area contributed by atoms with Crippen LogP contribution in [-0.4, -0.2) is 43.0 Å². The molecule has 2 aromatic carbocycles. The zero-order valence-electron chi connectivity index (χ0n) is 16.9. The van der Waals surface area contributed by atoms with Crippen molar-refractivity contribution in [1.29, 1.82) is 0 Å². The van der Waals surface area contributed by atoms with Gasteiger partial charge < -0.3 is 20.3 Å². The number of rotatable bonds is 6. The van der Waals surface area contributed by atoms with Crippen molar-refractivity contribution in [3.05, 3.63) is 54.1 Å². The molecule has 2 N–H and O–H groups in total. The summed E-state index contributed by atoms with van der Waals surface area (Å²) < 4.78 is 41.3. The molecule has 1 aliphatic rings. The number of ether oxygens (including phenoxy) is 1. The summed E-state index contributed by atoms with van der Waals surface area (Å²) in [6.07, 6.45) is -4.08. The summed E-state index contributed by atoms with van der Waals surface area (Å²) in [5.41, 5.74) is 1.70. The monoisotopic (exact) mass is 436 g/mol. The Morgan fingerprint density at radius 2 is 1.90 bits per heavy atom. The Hall–Kier alpha value is -3.43. The molecule has 0 aliphatic carbocycles. The SMILES string of the molecule is CCNC(=O)Nc1cccc(N2CCCN(Cc3cccc(OC(F)(F)F)c3)C2=O)c1. The van der Waals surface area contributed by atoms with E-state index in [0.29, 0.717) is 43.0 Å². The van der Waals surface area contributed by atoms with E-state index < -0.39 is 6.36 Å². The highest BCUT2D eigenvalue weighted by Gasteiger charge is 2.31. The van der Waals surface area contributed by atoms with Crippen molar-refractivity contribution < 1.29 is 27.5 Å². The minimum absolute atomic E-state index is 0.154. The van der Waals surface area contributed by atoms with Gasteiger partial charge in [0, 0.05) is 37.6 Å². The molecule has 31 heavy (non-hydrogen) atoms. The molecule has 0 saturated carbocycles. The normalized spacial score (nSPS) is 14.4. The van der Waals surface area contributed by atoms with Crippen molar-refractivity contribution >= 4 is 23.4 Å². The molecule has 0 radical (unpaired) electrons. The minimum atomic E-state index is -4.77. The molecule has 3 rings (SSSR count). The number of hydrogen-bond donors (Lipinski definition) is 2. The molecule has 1 fully saturated rings. The van der Waals surface area contributed by atoms with E-state index in [1.54, 1.807) is 40.1 Å². The van der Waals surface area contributed by atoms with Crippen molar-refractivity contribution in [2.45, 2.75) is 26.3 Å². The third kappa shape index (κ3) is 6.27. The Morgan fingerprint density at radius 1 is 1.13 bits per heavy atom. The van der Waals surface area contributed by atoms with Crippen LogP contribution in [-0.2, 0) is 6.54 Å². The number of carbonyl (C=O) groups excluding carboxylic acids is 2. The fourth-order valence-electron chi connectivity index (χ4n) is 3.32. The third-order valence-corrected chi connectivity index (χ3v) is 4.57. The van der Waals surface area contributed by atoms with E-state index in [9.17, 15) is 22.8 Å². The number of hydrogen-bond acceptors (Lipinski definition) is 3. The summed E-state index contributed by atoms with van der Waals surface area (Å²) in [5, 5.41) is 5.34. The van der Waals surface area contributed by atoms with Crippen LogP contribution in [0.1, 0.15) is 18.9 Å². The van der Waals surface area contributed by atoms with Crippen LogP contribution in [0.3, 0.4) is 0 Å². The van der Waals surface area contributed by atoms with E-state index in [2.05, 4.69) is 15.4 Å². The van der Waals surface area contributed by atoms with E-state index in [1.807, 2.05) is 6.92 Å². The molecule has 0 spiro atoms. The second kappa shape index (κ2) is 9.59. The van der Waals surface area contributed by atoms with Crippen LogP contribution in [0.2, 0.25) is 0 Å². The first-order chi connectivity index (χ1) is 14.7. The van der Waals surface area contributed by atoms with Crippen LogP contribution in [0.4, 0.5) is 34.1 Å². The standard InChI is InChI=1S/C21H23F3N4O3/c1-2-25-19(29)26-16-7-4-8-17(13-16)28-11-5-10-27(20(28)30)14-15-6-3-9-18(12-15)31-21(22,23)24/h3-4,6-9,12-13H,2,5,10-11,14H2,1H3,(H2,25,26,29). The van der Waals surface area contributed by atoms with E-state index in [-0.39, 0.29) is 24.4 Å². The molecule has 0 unspecified atom stereocenters. The van der Waals surface area contributed by atoms with Gasteiger partial charge in [0.25, 0.3) is 0 Å². The van der Waals surface area contributed by atoms with Crippen LogP contribution >= 0.6 is 0 Å². The highest BCUT2D eigenvalue weighted by molar-refractivity contribution is 5.94. The molecule has 7 nitrogen and oxygen atoms in total. The first kappa shape index (κ1) is 22.3. The Labute approximate surface area is 177 Å². The summed E-state index contributed by atoms with van der Waals surface area (Å²) in [4.78, 5) is 27.9. The molecule has 1 saturated heterocycles. The minimum Gasteiger partial charge on any atom is -0.406 e. The van der Waals surface area contributed by atoms with Gasteiger partial charge in [0.05, 0.1) is 0 Å². The van der Waals surface area contributed by atoms with Gasteiger partial charge in [-0.2, -0.15) is 0 Å². The van der Waals surface area contributed by atoms with E-state index in [1.165, 1.54) is 18.2 Å². The Morgan fingerprint density at radius 3 is 2.65 bits per heavy atom. The number of nitrogens with one attached hydrogen (secondary N) is 2. The van der Waals surface area contributed by atoms with Crippen molar-refractivity contribution in [3.8, 4) is 5.75 Å². The summed E-state index contributed by atoms with van der Waals surface area (Å²) in [6.45, 7) is 3.43. The van der Waals surface area contributed by atoms with Gasteiger partial charge in [-0.3, -0.25) is 4.90 Å². The number of urea groups is 2. The summed E-state index contributed by atoms with van der Waals surface area (Å²) in [7, 11) is 0. The number of benzene rings is 2. The molecule has 0 atom stereocenters. The van der Waals surface area contributed by atoms with Gasteiger partial charge in [-0.05, 0) is 49.2 Å². The first-order valence-electron chi connectivity index (χ1n) is 9.81. The topological polar surface area (TPSA) is 73.9 Å². The molecule has 1 aliphatic heterocycles. The van der Waals surface area contributed by atoms with Gasteiger partial charge in [0.1, 0.15) is 5.75 Å². The van der Waals surface area contributed by atoms with E-state index in [4.69, 9.17) is 0 Å². The second-order valence-corrected chi connectivity index (χ2v) is 6.94. The van der Waals surface area contributed by atoms with Gasteiger partial charge >= 0.3 is 18.4 Å². The third-order valence-electron chi connectivity index (χ3n) is 4.57. The second-order valence-electron chi connectivity index (χ2n) is 6.94. The number of nitrogens with zero attached hydrogens (tertiary/aromatic N) is 2. The van der Waals surface area contributed by atoms with Crippen molar-refractivity contribution in [3.63, 3.8) is 0 Å². The lowest BCUT2D eigenvalue weighted by Gasteiger charge is -2.36. The van der Waals surface area contributed by atoms with Crippen LogP contribution in [0.15, 0.2) is 48.5 Å². The molecule has 1 heterocycles. The molecule has 0 aromatic heterocycles. The van der Waals surface area contributed by atoms with Crippen molar-refractivity contribution in [2.24, 2.45) is 0 Å². The van der Waals surface area contributed by atoms with Gasteiger partial charge in [0.2, 0.25) is 0 Å². The summed E-state index contributed by atoms with van der Waals surface area (Å²) in [5.74, 6) is -0.324. The Bertz CT molecular complexity index is 936. The smallest absolute Gasteiger partial charge is 0.406 e. The Kier molecular flexibility index (Phi) is 6.88. The molecule has 2 aromatic rings. The molecule has 4 amide bonds. The van der Waals surface area contributed by atoms with Gasteiger partial charge in [0.15, 0.2) is 0 Å². The highest BCUT2D eigenvalue weighted by atomic mass is 19.4. The largest absolute Gasteiger partial charge is 0.573 e. The van der Waals surface area contributed by atoms with Gasteiger partial charge in [-0.15, -0.1) is 13.2 Å². The number of amides is 4. The number of alkyl halides is 3. The lowest BCUT2D eigenvalue weighted by atomic mass is 10.1. The maximum absolute atomic E-state index is 13.0. The highest BCUT2D eigenvalue weighted by Crippen LogP contribution is 2.26. The fourth-order valence-corrected chi connectivity index (χ4v) is 3.32. The predicted molar refractivity (Wildman–Crippen MR) is 110 cm³/mol.